The third-order valence-corrected chi connectivity index (χ3v) is 9.46. The second-order valence-corrected chi connectivity index (χ2v) is 11.0. The number of carbonyl (C=O) groups excluding carboxylic acids is 1. The van der Waals surface area contributed by atoms with Gasteiger partial charge in [-0.2, -0.15) is 4.31 Å². The van der Waals surface area contributed by atoms with Gasteiger partial charge in [0.05, 0.1) is 4.88 Å². The Morgan fingerprint density at radius 3 is 2.62 bits per heavy atom. The van der Waals surface area contributed by atoms with E-state index in [1.165, 1.54) is 0 Å². The lowest BCUT2D eigenvalue weighted by Crippen LogP contribution is -2.42. The molecule has 1 N–H and O–H groups in total. The highest BCUT2D eigenvalue weighted by Gasteiger charge is 2.39. The summed E-state index contributed by atoms with van der Waals surface area (Å²) in [6.07, 6.45) is 4.87. The minimum Gasteiger partial charge on any atom is -0.331 e. The Kier molecular flexibility index (Phi) is 5.11. The predicted molar refractivity (Wildman–Crippen MR) is 102 cm³/mol. The summed E-state index contributed by atoms with van der Waals surface area (Å²) >= 11 is 1.13. The molecule has 2 bridgehead atoms. The van der Waals surface area contributed by atoms with Crippen molar-refractivity contribution >= 4 is 27.3 Å². The lowest BCUT2D eigenvalue weighted by molar-refractivity contribution is 0.0685. The van der Waals surface area contributed by atoms with Gasteiger partial charge in [0.15, 0.2) is 0 Å². The number of hydrogen-bond donors (Lipinski definition) is 1. The first-order valence-electron chi connectivity index (χ1n) is 9.60. The van der Waals surface area contributed by atoms with Gasteiger partial charge in [0.25, 0.3) is 15.9 Å². The van der Waals surface area contributed by atoms with Crippen LogP contribution in [0, 0.1) is 5.92 Å². The monoisotopic (exact) mass is 397 g/mol. The molecule has 3 aliphatic heterocycles. The van der Waals surface area contributed by atoms with Gasteiger partial charge in [0, 0.05) is 31.7 Å². The number of sulfonamides is 1. The zero-order chi connectivity index (χ0) is 18.3. The van der Waals surface area contributed by atoms with Gasteiger partial charge in [0.1, 0.15) is 4.21 Å². The molecule has 0 aromatic carbocycles. The van der Waals surface area contributed by atoms with E-state index in [-0.39, 0.29) is 18.0 Å². The number of amides is 1. The van der Waals surface area contributed by atoms with Crippen LogP contribution in [0.1, 0.15) is 48.7 Å². The minimum absolute atomic E-state index is 0.0000774. The zero-order valence-electron chi connectivity index (χ0n) is 15.2. The Morgan fingerprint density at radius 1 is 1.12 bits per heavy atom. The van der Waals surface area contributed by atoms with Gasteiger partial charge in [-0.05, 0) is 56.7 Å². The average Bonchev–Trinajstić information content (AvgIpc) is 3.19. The smallest absolute Gasteiger partial charge is 0.264 e. The Bertz CT molecular complexity index is 754. The topological polar surface area (TPSA) is 69.7 Å². The fraction of sp³-hybridized carbons (Fsp3) is 0.722. The fourth-order valence-electron chi connectivity index (χ4n) is 4.37. The van der Waals surface area contributed by atoms with Crippen molar-refractivity contribution in [1.29, 1.82) is 0 Å². The Labute approximate surface area is 159 Å². The molecule has 3 saturated heterocycles. The molecule has 4 heterocycles. The van der Waals surface area contributed by atoms with Crippen LogP contribution in [-0.2, 0) is 10.0 Å². The van der Waals surface area contributed by atoms with Gasteiger partial charge < -0.3 is 10.2 Å². The number of nitrogens with zero attached hydrogens (tertiary/aromatic N) is 2. The van der Waals surface area contributed by atoms with E-state index in [9.17, 15) is 13.2 Å². The van der Waals surface area contributed by atoms with Crippen LogP contribution in [0.15, 0.2) is 16.3 Å². The van der Waals surface area contributed by atoms with Crippen molar-refractivity contribution in [3.63, 3.8) is 0 Å². The molecule has 26 heavy (non-hydrogen) atoms. The van der Waals surface area contributed by atoms with E-state index in [0.717, 1.165) is 56.5 Å². The summed E-state index contributed by atoms with van der Waals surface area (Å²) in [6.45, 7) is 5.10. The Morgan fingerprint density at radius 2 is 1.85 bits per heavy atom. The minimum atomic E-state index is -3.48. The van der Waals surface area contributed by atoms with Crippen LogP contribution in [0.4, 0.5) is 0 Å². The lowest BCUT2D eigenvalue weighted by Gasteiger charge is -2.29. The highest BCUT2D eigenvalue weighted by molar-refractivity contribution is 7.91. The van der Waals surface area contributed by atoms with E-state index in [0.29, 0.717) is 28.1 Å². The molecule has 2 atom stereocenters. The summed E-state index contributed by atoms with van der Waals surface area (Å²) in [7, 11) is -3.48. The normalized spacial score (nSPS) is 28.3. The second kappa shape index (κ2) is 7.22. The maximum absolute atomic E-state index is 13.1. The van der Waals surface area contributed by atoms with Crippen LogP contribution in [-0.4, -0.2) is 61.8 Å². The quantitative estimate of drug-likeness (QED) is 0.848. The molecule has 1 amide bonds. The molecule has 3 aliphatic rings. The highest BCUT2D eigenvalue weighted by Crippen LogP contribution is 2.33. The van der Waals surface area contributed by atoms with Gasteiger partial charge in [-0.15, -0.1) is 11.3 Å². The maximum Gasteiger partial charge on any atom is 0.264 e. The molecule has 4 rings (SSSR count). The molecule has 144 valence electrons. The number of carbonyl (C=O) groups is 1. The van der Waals surface area contributed by atoms with E-state index >= 15 is 0 Å². The van der Waals surface area contributed by atoms with Gasteiger partial charge in [-0.25, -0.2) is 8.42 Å². The SMILES string of the molecule is CC1CCN(S(=O)(=O)c2ccc(C(=O)N3C4CCNCC3CC4)s2)CC1. The maximum atomic E-state index is 13.1. The van der Waals surface area contributed by atoms with Crippen molar-refractivity contribution in [2.45, 2.75) is 55.3 Å². The van der Waals surface area contributed by atoms with Crippen LogP contribution in [0.5, 0.6) is 0 Å². The molecular formula is C18H27N3O3S2. The Balaban J connectivity index is 1.53. The molecule has 0 aliphatic carbocycles. The standard InChI is InChI=1S/C18H27N3O3S2/c1-13-7-10-20(11-8-13)26(23,24)17-5-4-16(25-17)18(22)21-14-2-3-15(21)12-19-9-6-14/h4-5,13-15,19H,2-3,6-12H2,1H3. The molecule has 0 saturated carbocycles. The second-order valence-electron chi connectivity index (χ2n) is 7.80. The van der Waals surface area contributed by atoms with E-state index in [2.05, 4.69) is 12.2 Å². The molecule has 0 radical (unpaired) electrons. The van der Waals surface area contributed by atoms with Crippen molar-refractivity contribution in [2.24, 2.45) is 5.92 Å². The van der Waals surface area contributed by atoms with Gasteiger partial charge in [-0.1, -0.05) is 6.92 Å². The first-order chi connectivity index (χ1) is 12.5. The molecule has 0 spiro atoms. The third kappa shape index (κ3) is 3.32. The molecule has 3 fully saturated rings. The van der Waals surface area contributed by atoms with Crippen molar-refractivity contribution in [3.05, 3.63) is 17.0 Å². The van der Waals surface area contributed by atoms with Crippen molar-refractivity contribution in [3.8, 4) is 0 Å². The average molecular weight is 398 g/mol. The molecular weight excluding hydrogens is 370 g/mol. The fourth-order valence-corrected chi connectivity index (χ4v) is 7.24. The zero-order valence-corrected chi connectivity index (χ0v) is 16.8. The van der Waals surface area contributed by atoms with E-state index in [1.807, 2.05) is 4.90 Å². The van der Waals surface area contributed by atoms with Crippen LogP contribution in [0.2, 0.25) is 0 Å². The van der Waals surface area contributed by atoms with E-state index < -0.39 is 10.0 Å². The molecule has 8 heteroatoms. The van der Waals surface area contributed by atoms with Crippen LogP contribution < -0.4 is 5.32 Å². The number of hydrogen-bond acceptors (Lipinski definition) is 5. The van der Waals surface area contributed by atoms with Crippen molar-refractivity contribution in [2.75, 3.05) is 26.2 Å². The lowest BCUT2D eigenvalue weighted by atomic mass is 10.0. The van der Waals surface area contributed by atoms with Gasteiger partial charge in [-0.3, -0.25) is 4.79 Å². The van der Waals surface area contributed by atoms with Crippen LogP contribution >= 0.6 is 11.3 Å². The third-order valence-electron chi connectivity index (χ3n) is 6.02. The number of rotatable bonds is 3. The summed E-state index contributed by atoms with van der Waals surface area (Å²) in [4.78, 5) is 15.6. The number of fused-ring (bicyclic) bond motifs is 2. The van der Waals surface area contributed by atoms with Gasteiger partial charge >= 0.3 is 0 Å². The molecule has 2 unspecified atom stereocenters. The van der Waals surface area contributed by atoms with Crippen LogP contribution in [0.25, 0.3) is 0 Å². The largest absolute Gasteiger partial charge is 0.331 e. The van der Waals surface area contributed by atoms with Crippen LogP contribution in [0.3, 0.4) is 0 Å². The van der Waals surface area contributed by atoms with Crippen molar-refractivity contribution in [1.82, 2.24) is 14.5 Å². The number of piperidine rings is 1. The summed E-state index contributed by atoms with van der Waals surface area (Å²) in [5.74, 6) is 0.578. The summed E-state index contributed by atoms with van der Waals surface area (Å²) in [5, 5.41) is 3.40. The van der Waals surface area contributed by atoms with Crippen molar-refractivity contribution < 1.29 is 13.2 Å². The van der Waals surface area contributed by atoms with Gasteiger partial charge in [0.2, 0.25) is 0 Å². The molecule has 6 nitrogen and oxygen atoms in total. The number of nitrogens with one attached hydrogen (secondary N) is 1. The first kappa shape index (κ1) is 18.4. The molecule has 1 aromatic rings. The summed E-state index contributed by atoms with van der Waals surface area (Å²) in [6, 6.07) is 3.84. The van der Waals surface area contributed by atoms with E-state index in [4.69, 9.17) is 0 Å². The number of thiophene rings is 1. The highest BCUT2D eigenvalue weighted by atomic mass is 32.2. The van der Waals surface area contributed by atoms with E-state index in [1.54, 1.807) is 16.4 Å². The summed E-state index contributed by atoms with van der Waals surface area (Å²) in [5.41, 5.74) is 0. The first-order valence-corrected chi connectivity index (χ1v) is 11.9. The summed E-state index contributed by atoms with van der Waals surface area (Å²) < 4.78 is 27.7. The Hall–Kier alpha value is -0.960. The molecule has 1 aromatic heterocycles. The predicted octanol–water partition coefficient (Wildman–Crippen LogP) is 2.14.